The van der Waals surface area contributed by atoms with E-state index in [1.807, 2.05) is 44.4 Å². The average Bonchev–Trinajstić information content (AvgIpc) is 2.44. The van der Waals surface area contributed by atoms with E-state index in [-0.39, 0.29) is 5.78 Å². The normalized spacial score (nSPS) is 14.7. The van der Waals surface area contributed by atoms with E-state index in [1.54, 1.807) is 0 Å². The zero-order chi connectivity index (χ0) is 14.5. The van der Waals surface area contributed by atoms with Crippen molar-refractivity contribution in [3.05, 3.63) is 48.6 Å². The minimum Gasteiger partial charge on any atom is -0.330 e. The lowest BCUT2D eigenvalue weighted by Crippen LogP contribution is -2.67. The van der Waals surface area contributed by atoms with Gasteiger partial charge in [-0.25, -0.2) is 0 Å². The first kappa shape index (κ1) is 15.6. The molecule has 0 saturated carbocycles. The molecule has 1 aromatic carbocycles. The lowest BCUT2D eigenvalue weighted by molar-refractivity contribution is -0.938. The molecule has 4 nitrogen and oxygen atoms in total. The van der Waals surface area contributed by atoms with Gasteiger partial charge in [0.05, 0.1) is 20.6 Å². The molecule has 1 unspecified atom stereocenters. The summed E-state index contributed by atoms with van der Waals surface area (Å²) in [6, 6.07) is 9.43. The van der Waals surface area contributed by atoms with Crippen molar-refractivity contribution in [2.45, 2.75) is 12.1 Å². The maximum atomic E-state index is 12.4. The van der Waals surface area contributed by atoms with E-state index in [9.17, 15) is 4.79 Å². The van der Waals surface area contributed by atoms with Crippen LogP contribution in [0.25, 0.3) is 0 Å². The van der Waals surface area contributed by atoms with Crippen molar-refractivity contribution in [2.24, 2.45) is 11.5 Å². The molecule has 4 heteroatoms. The van der Waals surface area contributed by atoms with E-state index in [0.717, 1.165) is 18.5 Å². The van der Waals surface area contributed by atoms with Crippen LogP contribution in [-0.2, 0) is 10.5 Å². The molecule has 1 aromatic rings. The molecular weight excluding hydrogens is 238 g/mol. The number of hydrogen-bond acceptors (Lipinski definition) is 3. The molecule has 4 N–H and O–H groups in total. The molecule has 0 bridgehead atoms. The maximum absolute atomic E-state index is 12.4. The number of carbonyl (C=O) groups is 1. The second-order valence-electron chi connectivity index (χ2n) is 5.25. The van der Waals surface area contributed by atoms with Gasteiger partial charge in [-0.3, -0.25) is 10.5 Å². The van der Waals surface area contributed by atoms with E-state index in [1.165, 1.54) is 6.08 Å². The van der Waals surface area contributed by atoms with Crippen molar-refractivity contribution in [3.63, 3.8) is 0 Å². The fourth-order valence-corrected chi connectivity index (χ4v) is 2.30. The lowest BCUT2D eigenvalue weighted by Gasteiger charge is -2.44. The summed E-state index contributed by atoms with van der Waals surface area (Å²) < 4.78 is 0.346. The van der Waals surface area contributed by atoms with Gasteiger partial charge in [0.25, 0.3) is 0 Å². The smallest absolute Gasteiger partial charge is 0.240 e. The van der Waals surface area contributed by atoms with E-state index < -0.39 is 5.66 Å². The van der Waals surface area contributed by atoms with Crippen LogP contribution >= 0.6 is 0 Å². The highest BCUT2D eigenvalue weighted by Crippen LogP contribution is 2.29. The highest BCUT2D eigenvalue weighted by atomic mass is 16.1. The predicted octanol–water partition coefficient (Wildman–Crippen LogP) is 0.978. The summed E-state index contributed by atoms with van der Waals surface area (Å²) in [4.78, 5) is 12.4. The van der Waals surface area contributed by atoms with E-state index in [4.69, 9.17) is 11.5 Å². The fraction of sp³-hybridized carbons (Fsp3) is 0.400. The number of carbonyl (C=O) groups excluding carboxylic acids is 1. The predicted molar refractivity (Wildman–Crippen MR) is 78.2 cm³/mol. The monoisotopic (exact) mass is 262 g/mol. The number of quaternary nitrogens is 1. The summed E-state index contributed by atoms with van der Waals surface area (Å²) in [5.41, 5.74) is 11.7. The Labute approximate surface area is 115 Å². The summed E-state index contributed by atoms with van der Waals surface area (Å²) in [6.45, 7) is 4.88. The van der Waals surface area contributed by atoms with Crippen LogP contribution in [0.3, 0.4) is 0 Å². The zero-order valence-electron chi connectivity index (χ0n) is 11.8. The van der Waals surface area contributed by atoms with Crippen molar-refractivity contribution in [1.82, 2.24) is 0 Å². The van der Waals surface area contributed by atoms with Gasteiger partial charge in [0.15, 0.2) is 0 Å². The first-order valence-corrected chi connectivity index (χ1v) is 6.44. The Bertz CT molecular complexity index is 442. The number of rotatable bonds is 7. The van der Waals surface area contributed by atoms with Gasteiger partial charge < -0.3 is 10.2 Å². The van der Waals surface area contributed by atoms with E-state index in [2.05, 4.69) is 6.58 Å². The third-order valence-corrected chi connectivity index (χ3v) is 3.65. The van der Waals surface area contributed by atoms with Gasteiger partial charge in [0, 0.05) is 12.0 Å². The first-order valence-electron chi connectivity index (χ1n) is 6.44. The molecule has 1 atom stereocenters. The first-order chi connectivity index (χ1) is 8.90. The molecule has 19 heavy (non-hydrogen) atoms. The highest BCUT2D eigenvalue weighted by Gasteiger charge is 2.48. The third kappa shape index (κ3) is 2.92. The van der Waals surface area contributed by atoms with Gasteiger partial charge in [-0.1, -0.05) is 36.9 Å². The van der Waals surface area contributed by atoms with Crippen molar-refractivity contribution >= 4 is 5.78 Å². The summed E-state index contributed by atoms with van der Waals surface area (Å²) in [5.74, 6) is -0.180. The summed E-state index contributed by atoms with van der Waals surface area (Å²) in [6.07, 6.45) is 2.11. The molecule has 1 rings (SSSR count). The SMILES string of the molecule is C=CC(=O)C(N)(c1ccccc1)[N+](C)(C)CCCN. The Hall–Kier alpha value is -1.49. The summed E-state index contributed by atoms with van der Waals surface area (Å²) in [7, 11) is 3.90. The second kappa shape index (κ2) is 6.10. The standard InChI is InChI=1S/C15H24N3O/c1-4-14(19)15(17,13-9-6-5-7-10-13)18(2,3)12-8-11-16/h4-7,9-10H,1,8,11-12,16-17H2,2-3H3/q+1. The number of likely N-dealkylation sites (N-methyl/N-ethyl adjacent to an activating group) is 1. The minimum absolute atomic E-state index is 0.180. The molecule has 0 radical (unpaired) electrons. The van der Waals surface area contributed by atoms with Gasteiger partial charge >= 0.3 is 0 Å². The molecule has 0 aliphatic carbocycles. The number of nitrogens with two attached hydrogens (primary N) is 2. The zero-order valence-corrected chi connectivity index (χ0v) is 11.8. The molecule has 0 aliphatic rings. The van der Waals surface area contributed by atoms with Gasteiger partial charge in [0.2, 0.25) is 11.4 Å². The Morgan fingerprint density at radius 2 is 1.95 bits per heavy atom. The fourth-order valence-electron chi connectivity index (χ4n) is 2.30. The van der Waals surface area contributed by atoms with Crippen LogP contribution in [0.2, 0.25) is 0 Å². The Morgan fingerprint density at radius 3 is 2.42 bits per heavy atom. The van der Waals surface area contributed by atoms with Crippen LogP contribution in [0.4, 0.5) is 0 Å². The highest BCUT2D eigenvalue weighted by molar-refractivity contribution is 5.96. The molecule has 0 aliphatic heterocycles. The molecule has 0 saturated heterocycles. The van der Waals surface area contributed by atoms with Crippen LogP contribution in [0.15, 0.2) is 43.0 Å². The number of nitrogens with zero attached hydrogens (tertiary/aromatic N) is 1. The van der Waals surface area contributed by atoms with Crippen LogP contribution in [-0.4, -0.2) is 37.5 Å². The second-order valence-corrected chi connectivity index (χ2v) is 5.25. The Balaban J connectivity index is 3.28. The number of hydrogen-bond donors (Lipinski definition) is 2. The van der Waals surface area contributed by atoms with Gasteiger partial charge in [-0.2, -0.15) is 0 Å². The van der Waals surface area contributed by atoms with Crippen LogP contribution in [0.5, 0.6) is 0 Å². The number of benzene rings is 1. The molecule has 104 valence electrons. The average molecular weight is 262 g/mol. The van der Waals surface area contributed by atoms with Crippen LogP contribution in [0.1, 0.15) is 12.0 Å². The van der Waals surface area contributed by atoms with Gasteiger partial charge in [-0.15, -0.1) is 0 Å². The summed E-state index contributed by atoms with van der Waals surface area (Å²) >= 11 is 0. The Morgan fingerprint density at radius 1 is 1.37 bits per heavy atom. The van der Waals surface area contributed by atoms with Crippen molar-refractivity contribution in [2.75, 3.05) is 27.2 Å². The molecule has 0 spiro atoms. The van der Waals surface area contributed by atoms with Crippen molar-refractivity contribution in [3.8, 4) is 0 Å². The van der Waals surface area contributed by atoms with E-state index >= 15 is 0 Å². The summed E-state index contributed by atoms with van der Waals surface area (Å²) in [5, 5.41) is 0. The molecule has 0 aromatic heterocycles. The quantitative estimate of drug-likeness (QED) is 0.437. The number of ketones is 1. The largest absolute Gasteiger partial charge is 0.330 e. The minimum atomic E-state index is -1.13. The molecule has 0 heterocycles. The van der Waals surface area contributed by atoms with Crippen molar-refractivity contribution < 1.29 is 9.28 Å². The van der Waals surface area contributed by atoms with Crippen LogP contribution in [0, 0.1) is 0 Å². The third-order valence-electron chi connectivity index (χ3n) is 3.65. The molecular formula is C15H24N3O+. The maximum Gasteiger partial charge on any atom is 0.240 e. The topological polar surface area (TPSA) is 69.1 Å². The molecule has 0 amide bonds. The molecule has 0 fully saturated rings. The van der Waals surface area contributed by atoms with Crippen LogP contribution < -0.4 is 11.5 Å². The van der Waals surface area contributed by atoms with Gasteiger partial charge in [0.1, 0.15) is 0 Å². The van der Waals surface area contributed by atoms with Gasteiger partial charge in [-0.05, 0) is 12.6 Å². The van der Waals surface area contributed by atoms with E-state index in [0.29, 0.717) is 11.0 Å². The Kier molecular flexibility index (Phi) is 5.00. The van der Waals surface area contributed by atoms with Crippen molar-refractivity contribution in [1.29, 1.82) is 0 Å². The lowest BCUT2D eigenvalue weighted by atomic mass is 9.91.